The minimum absolute atomic E-state index is 0.223. The molecule has 22 heavy (non-hydrogen) atoms. The molecule has 114 valence electrons. The molecule has 6 heteroatoms. The van der Waals surface area contributed by atoms with Crippen molar-refractivity contribution in [3.05, 3.63) is 59.1 Å². The Kier molecular flexibility index (Phi) is 5.38. The average Bonchev–Trinajstić information content (AvgIpc) is 2.54. The first-order valence-corrected chi connectivity index (χ1v) is 6.84. The number of para-hydroxylation sites is 2. The molecule has 2 rings (SSSR count). The number of rotatable bonds is 5. The number of amides is 1. The number of anilines is 1. The standard InChI is InChI=1S/C16H14ClNO4/c1-21-16(20)11-6-2-4-8-13(11)18-15(19)10-22-14-9-5-3-7-12(14)17/h2-9H,10H2,1H3,(H,18,19). The minimum atomic E-state index is -0.525. The highest BCUT2D eigenvalue weighted by atomic mass is 35.5. The van der Waals surface area contributed by atoms with Crippen molar-refractivity contribution >= 4 is 29.2 Å². The summed E-state index contributed by atoms with van der Waals surface area (Å²) in [6, 6.07) is 13.4. The maximum atomic E-state index is 11.9. The molecule has 1 amide bonds. The second-order valence-electron chi connectivity index (χ2n) is 4.30. The molecule has 2 aromatic rings. The fourth-order valence-corrected chi connectivity index (χ4v) is 1.96. The molecule has 0 aliphatic heterocycles. The summed E-state index contributed by atoms with van der Waals surface area (Å²) in [5.41, 5.74) is 0.637. The van der Waals surface area contributed by atoms with Crippen molar-refractivity contribution in [1.82, 2.24) is 0 Å². The summed E-state index contributed by atoms with van der Waals surface area (Å²) < 4.78 is 10.0. The quantitative estimate of drug-likeness (QED) is 0.860. The fraction of sp³-hybridized carbons (Fsp3) is 0.125. The van der Waals surface area contributed by atoms with Crippen molar-refractivity contribution in [3.8, 4) is 5.75 Å². The number of hydrogen-bond acceptors (Lipinski definition) is 4. The number of ether oxygens (including phenoxy) is 2. The summed E-state index contributed by atoms with van der Waals surface area (Å²) in [7, 11) is 1.28. The molecule has 0 aliphatic rings. The number of carbonyl (C=O) groups is 2. The van der Waals surface area contributed by atoms with Gasteiger partial charge in [0.25, 0.3) is 5.91 Å². The second kappa shape index (κ2) is 7.47. The molecule has 5 nitrogen and oxygen atoms in total. The number of benzene rings is 2. The zero-order chi connectivity index (χ0) is 15.9. The number of carbonyl (C=O) groups excluding carboxylic acids is 2. The molecule has 0 unspecified atom stereocenters. The Hall–Kier alpha value is -2.53. The lowest BCUT2D eigenvalue weighted by molar-refractivity contribution is -0.118. The van der Waals surface area contributed by atoms with Gasteiger partial charge in [-0.1, -0.05) is 35.9 Å². The van der Waals surface area contributed by atoms with Crippen molar-refractivity contribution in [3.63, 3.8) is 0 Å². The van der Waals surface area contributed by atoms with Gasteiger partial charge in [0, 0.05) is 0 Å². The molecular formula is C16H14ClNO4. The molecule has 0 aromatic heterocycles. The largest absolute Gasteiger partial charge is 0.482 e. The van der Waals surface area contributed by atoms with E-state index in [0.29, 0.717) is 16.5 Å². The number of nitrogens with one attached hydrogen (secondary N) is 1. The Balaban J connectivity index is 2.01. The van der Waals surface area contributed by atoms with E-state index in [4.69, 9.17) is 16.3 Å². The molecular weight excluding hydrogens is 306 g/mol. The van der Waals surface area contributed by atoms with Gasteiger partial charge in [-0.3, -0.25) is 4.79 Å². The Morgan fingerprint density at radius 3 is 2.50 bits per heavy atom. The van der Waals surface area contributed by atoms with Crippen molar-refractivity contribution in [2.75, 3.05) is 19.0 Å². The van der Waals surface area contributed by atoms with Crippen molar-refractivity contribution in [1.29, 1.82) is 0 Å². The van der Waals surface area contributed by atoms with E-state index < -0.39 is 11.9 Å². The van der Waals surface area contributed by atoms with Gasteiger partial charge in [-0.25, -0.2) is 4.79 Å². The number of methoxy groups -OCH3 is 1. The van der Waals surface area contributed by atoms with Crippen molar-refractivity contribution < 1.29 is 19.1 Å². The van der Waals surface area contributed by atoms with Crippen LogP contribution in [0.3, 0.4) is 0 Å². The lowest BCUT2D eigenvalue weighted by Crippen LogP contribution is -2.21. The summed E-state index contributed by atoms with van der Waals surface area (Å²) in [5.74, 6) is -0.514. The second-order valence-corrected chi connectivity index (χ2v) is 4.71. The number of halogens is 1. The smallest absolute Gasteiger partial charge is 0.339 e. The zero-order valence-electron chi connectivity index (χ0n) is 11.8. The molecule has 0 spiro atoms. The summed E-state index contributed by atoms with van der Waals surface area (Å²) >= 11 is 5.94. The SMILES string of the molecule is COC(=O)c1ccccc1NC(=O)COc1ccccc1Cl. The van der Waals surface area contributed by atoms with Crippen LogP contribution in [0.15, 0.2) is 48.5 Å². The molecule has 0 fully saturated rings. The third kappa shape index (κ3) is 3.99. The summed E-state index contributed by atoms with van der Waals surface area (Å²) in [4.78, 5) is 23.5. The summed E-state index contributed by atoms with van der Waals surface area (Å²) in [6.07, 6.45) is 0. The van der Waals surface area contributed by atoms with E-state index in [0.717, 1.165) is 0 Å². The predicted molar refractivity (Wildman–Crippen MR) is 83.4 cm³/mol. The van der Waals surface area contributed by atoms with Crippen LogP contribution in [0, 0.1) is 0 Å². The normalized spacial score (nSPS) is 9.91. The maximum Gasteiger partial charge on any atom is 0.339 e. The van der Waals surface area contributed by atoms with Gasteiger partial charge in [0.05, 0.1) is 23.4 Å². The molecule has 0 radical (unpaired) electrons. The van der Waals surface area contributed by atoms with E-state index in [2.05, 4.69) is 10.1 Å². The first kappa shape index (κ1) is 15.9. The highest BCUT2D eigenvalue weighted by molar-refractivity contribution is 6.32. The van der Waals surface area contributed by atoms with E-state index >= 15 is 0 Å². The Morgan fingerprint density at radius 2 is 1.77 bits per heavy atom. The lowest BCUT2D eigenvalue weighted by atomic mass is 10.2. The van der Waals surface area contributed by atoms with Crippen LogP contribution in [0.4, 0.5) is 5.69 Å². The van der Waals surface area contributed by atoms with Gasteiger partial charge in [-0.05, 0) is 24.3 Å². The zero-order valence-corrected chi connectivity index (χ0v) is 12.6. The van der Waals surface area contributed by atoms with Crippen molar-refractivity contribution in [2.24, 2.45) is 0 Å². The van der Waals surface area contributed by atoms with Crippen LogP contribution in [-0.2, 0) is 9.53 Å². The maximum absolute atomic E-state index is 11.9. The van der Waals surface area contributed by atoms with Gasteiger partial charge >= 0.3 is 5.97 Å². The van der Waals surface area contributed by atoms with E-state index in [1.807, 2.05) is 0 Å². The first-order chi connectivity index (χ1) is 10.6. The third-order valence-corrected chi connectivity index (χ3v) is 3.11. The molecule has 0 aliphatic carbocycles. The highest BCUT2D eigenvalue weighted by Gasteiger charge is 2.13. The van der Waals surface area contributed by atoms with Crippen LogP contribution >= 0.6 is 11.6 Å². The van der Waals surface area contributed by atoms with E-state index in [9.17, 15) is 9.59 Å². The molecule has 2 aromatic carbocycles. The van der Waals surface area contributed by atoms with Crippen LogP contribution in [0.2, 0.25) is 5.02 Å². The Bertz CT molecular complexity index is 687. The van der Waals surface area contributed by atoms with Gasteiger partial charge in [-0.15, -0.1) is 0 Å². The van der Waals surface area contributed by atoms with Crippen LogP contribution in [0.5, 0.6) is 5.75 Å². The number of esters is 1. The fourth-order valence-electron chi connectivity index (χ4n) is 1.77. The predicted octanol–water partition coefficient (Wildman–Crippen LogP) is 3.14. The van der Waals surface area contributed by atoms with Crippen LogP contribution < -0.4 is 10.1 Å². The topological polar surface area (TPSA) is 64.6 Å². The molecule has 0 saturated heterocycles. The van der Waals surface area contributed by atoms with E-state index in [1.165, 1.54) is 7.11 Å². The minimum Gasteiger partial charge on any atom is -0.482 e. The first-order valence-electron chi connectivity index (χ1n) is 6.46. The molecule has 0 bridgehead atoms. The van der Waals surface area contributed by atoms with Gasteiger partial charge in [0.15, 0.2) is 6.61 Å². The highest BCUT2D eigenvalue weighted by Crippen LogP contribution is 2.23. The third-order valence-electron chi connectivity index (χ3n) is 2.80. The molecule has 0 saturated carbocycles. The van der Waals surface area contributed by atoms with Crippen LogP contribution in [0.1, 0.15) is 10.4 Å². The van der Waals surface area contributed by atoms with E-state index in [-0.39, 0.29) is 12.2 Å². The number of hydrogen-bond donors (Lipinski definition) is 1. The van der Waals surface area contributed by atoms with Crippen molar-refractivity contribution in [2.45, 2.75) is 0 Å². The van der Waals surface area contributed by atoms with Gasteiger partial charge < -0.3 is 14.8 Å². The van der Waals surface area contributed by atoms with Crippen LogP contribution in [0.25, 0.3) is 0 Å². The van der Waals surface area contributed by atoms with E-state index in [1.54, 1.807) is 48.5 Å². The summed E-state index contributed by atoms with van der Waals surface area (Å²) in [6.45, 7) is -0.223. The summed E-state index contributed by atoms with van der Waals surface area (Å²) in [5, 5.41) is 3.03. The molecule has 1 N–H and O–H groups in total. The van der Waals surface area contributed by atoms with Crippen LogP contribution in [-0.4, -0.2) is 25.6 Å². The van der Waals surface area contributed by atoms with Gasteiger partial charge in [0.1, 0.15) is 5.75 Å². The van der Waals surface area contributed by atoms with Gasteiger partial charge in [-0.2, -0.15) is 0 Å². The lowest BCUT2D eigenvalue weighted by Gasteiger charge is -2.11. The molecule has 0 atom stereocenters. The molecule has 0 heterocycles. The Labute approximate surface area is 132 Å². The monoisotopic (exact) mass is 319 g/mol. The average molecular weight is 320 g/mol. The van der Waals surface area contributed by atoms with Gasteiger partial charge in [0.2, 0.25) is 0 Å². The Morgan fingerprint density at radius 1 is 1.09 bits per heavy atom.